The van der Waals surface area contributed by atoms with E-state index in [4.69, 9.17) is 0 Å². The molecule has 2 fully saturated rings. The van der Waals surface area contributed by atoms with Gasteiger partial charge in [0.1, 0.15) is 5.75 Å². The van der Waals surface area contributed by atoms with E-state index in [1.165, 1.54) is 32.1 Å². The highest BCUT2D eigenvalue weighted by Crippen LogP contribution is 2.37. The molecule has 2 aliphatic rings. The highest BCUT2D eigenvalue weighted by Gasteiger charge is 2.35. The summed E-state index contributed by atoms with van der Waals surface area (Å²) in [4.78, 5) is 7.03. The predicted octanol–water partition coefficient (Wildman–Crippen LogP) is 2.86. The maximum atomic E-state index is 9.92. The van der Waals surface area contributed by atoms with Crippen molar-refractivity contribution in [3.05, 3.63) is 23.5 Å². The molecule has 0 amide bonds. The van der Waals surface area contributed by atoms with Crippen LogP contribution in [0.3, 0.4) is 0 Å². The summed E-state index contributed by atoms with van der Waals surface area (Å²) in [5, 5.41) is 9.92. The number of piperidine rings is 1. The van der Waals surface area contributed by atoms with Crippen LogP contribution < -0.4 is 0 Å². The van der Waals surface area contributed by atoms with Crippen molar-refractivity contribution in [3.8, 4) is 5.75 Å². The topological polar surface area (TPSA) is 36.4 Å². The van der Waals surface area contributed by atoms with E-state index in [2.05, 4.69) is 9.88 Å². The van der Waals surface area contributed by atoms with Gasteiger partial charge in [0.2, 0.25) is 0 Å². The van der Waals surface area contributed by atoms with Crippen LogP contribution in [0.2, 0.25) is 0 Å². The third kappa shape index (κ3) is 2.24. The smallest absolute Gasteiger partial charge is 0.138 e. The van der Waals surface area contributed by atoms with Crippen LogP contribution in [0.4, 0.5) is 0 Å². The number of rotatable bonds is 2. The minimum Gasteiger partial charge on any atom is -0.506 e. The molecule has 0 radical (unpaired) electrons. The van der Waals surface area contributed by atoms with E-state index in [0.29, 0.717) is 5.75 Å². The molecule has 3 rings (SSSR count). The normalized spacial score (nSPS) is 28.3. The Labute approximate surface area is 109 Å². The van der Waals surface area contributed by atoms with Gasteiger partial charge in [-0.05, 0) is 57.2 Å². The first-order valence-corrected chi connectivity index (χ1v) is 7.13. The van der Waals surface area contributed by atoms with Gasteiger partial charge in [0, 0.05) is 18.3 Å². The van der Waals surface area contributed by atoms with E-state index in [1.807, 2.05) is 13.0 Å². The molecule has 1 aromatic rings. The Bertz CT molecular complexity index is 433. The number of aryl methyl sites for hydroxylation is 1. The predicted molar refractivity (Wildman–Crippen MR) is 71.4 cm³/mol. The van der Waals surface area contributed by atoms with Gasteiger partial charge in [-0.2, -0.15) is 0 Å². The van der Waals surface area contributed by atoms with Crippen LogP contribution in [-0.2, 0) is 6.54 Å². The highest BCUT2D eigenvalue weighted by molar-refractivity contribution is 5.27. The molecular weight excluding hydrogens is 224 g/mol. The Morgan fingerprint density at radius 1 is 1.28 bits per heavy atom. The summed E-state index contributed by atoms with van der Waals surface area (Å²) >= 11 is 0. The van der Waals surface area contributed by atoms with E-state index in [9.17, 15) is 5.11 Å². The maximum Gasteiger partial charge on any atom is 0.138 e. The molecule has 98 valence electrons. The summed E-state index contributed by atoms with van der Waals surface area (Å²) in [6.07, 6.45) is 6.80. The van der Waals surface area contributed by atoms with Crippen LogP contribution in [0.1, 0.15) is 43.5 Å². The fourth-order valence-electron chi connectivity index (χ4n) is 3.67. The molecule has 0 aromatic carbocycles. The average Bonchev–Trinajstić information content (AvgIpc) is 2.83. The first kappa shape index (κ1) is 12.0. The Hall–Kier alpha value is -1.09. The number of aromatic hydroxyl groups is 1. The molecule has 1 aliphatic heterocycles. The summed E-state index contributed by atoms with van der Waals surface area (Å²) in [6.45, 7) is 3.96. The second-order valence-electron chi connectivity index (χ2n) is 5.79. The fraction of sp³-hybridized carbons (Fsp3) is 0.667. The lowest BCUT2D eigenvalue weighted by molar-refractivity contribution is 0.103. The Morgan fingerprint density at radius 2 is 2.11 bits per heavy atom. The summed E-state index contributed by atoms with van der Waals surface area (Å²) in [7, 11) is 0. The third-order valence-electron chi connectivity index (χ3n) is 4.55. The zero-order valence-corrected chi connectivity index (χ0v) is 11.1. The summed E-state index contributed by atoms with van der Waals surface area (Å²) < 4.78 is 0. The van der Waals surface area contributed by atoms with Crippen molar-refractivity contribution in [2.75, 3.05) is 6.54 Å². The van der Waals surface area contributed by atoms with Crippen LogP contribution >= 0.6 is 0 Å². The lowest BCUT2D eigenvalue weighted by Crippen LogP contribution is -2.42. The van der Waals surface area contributed by atoms with Gasteiger partial charge in [0.25, 0.3) is 0 Å². The van der Waals surface area contributed by atoms with Gasteiger partial charge in [0.15, 0.2) is 0 Å². The van der Waals surface area contributed by atoms with Crippen molar-refractivity contribution in [2.24, 2.45) is 5.92 Å². The number of fused-ring (bicyclic) bond motifs is 1. The molecule has 3 nitrogen and oxygen atoms in total. The molecule has 2 atom stereocenters. The Kier molecular flexibility index (Phi) is 3.25. The maximum absolute atomic E-state index is 9.92. The van der Waals surface area contributed by atoms with E-state index in [0.717, 1.165) is 36.4 Å². The lowest BCUT2D eigenvalue weighted by atomic mass is 9.92. The molecule has 2 heterocycles. The van der Waals surface area contributed by atoms with Crippen LogP contribution in [0, 0.1) is 12.8 Å². The van der Waals surface area contributed by atoms with Gasteiger partial charge < -0.3 is 5.11 Å². The molecule has 18 heavy (non-hydrogen) atoms. The summed E-state index contributed by atoms with van der Waals surface area (Å²) in [6, 6.07) is 4.38. The van der Waals surface area contributed by atoms with Crippen molar-refractivity contribution < 1.29 is 5.11 Å². The van der Waals surface area contributed by atoms with Gasteiger partial charge in [-0.1, -0.05) is 6.42 Å². The highest BCUT2D eigenvalue weighted by atomic mass is 16.3. The van der Waals surface area contributed by atoms with Gasteiger partial charge in [-0.15, -0.1) is 0 Å². The Morgan fingerprint density at radius 3 is 3.00 bits per heavy atom. The van der Waals surface area contributed by atoms with Crippen molar-refractivity contribution >= 4 is 0 Å². The summed E-state index contributed by atoms with van der Waals surface area (Å²) in [5.74, 6) is 1.24. The largest absolute Gasteiger partial charge is 0.506 e. The molecule has 1 saturated carbocycles. The molecule has 1 aromatic heterocycles. The first-order valence-electron chi connectivity index (χ1n) is 7.13. The van der Waals surface area contributed by atoms with Gasteiger partial charge >= 0.3 is 0 Å². The number of aromatic nitrogens is 1. The molecular formula is C15H22N2O. The van der Waals surface area contributed by atoms with Crippen molar-refractivity contribution in [3.63, 3.8) is 0 Å². The minimum absolute atomic E-state index is 0.348. The fourth-order valence-corrected chi connectivity index (χ4v) is 3.67. The van der Waals surface area contributed by atoms with Crippen LogP contribution in [0.25, 0.3) is 0 Å². The van der Waals surface area contributed by atoms with Crippen LogP contribution in [0.5, 0.6) is 5.75 Å². The van der Waals surface area contributed by atoms with Crippen LogP contribution in [0.15, 0.2) is 12.1 Å². The quantitative estimate of drug-likeness (QED) is 0.871. The van der Waals surface area contributed by atoms with E-state index in [1.54, 1.807) is 6.07 Å². The molecule has 0 spiro atoms. The van der Waals surface area contributed by atoms with Gasteiger partial charge in [-0.25, -0.2) is 0 Å². The number of pyridine rings is 1. The third-order valence-corrected chi connectivity index (χ3v) is 4.55. The zero-order valence-electron chi connectivity index (χ0n) is 11.1. The molecule has 1 aliphatic carbocycles. The number of hydrogen-bond acceptors (Lipinski definition) is 3. The summed E-state index contributed by atoms with van der Waals surface area (Å²) in [5.41, 5.74) is 1.84. The Balaban J connectivity index is 1.77. The van der Waals surface area contributed by atoms with E-state index < -0.39 is 0 Å². The first-order chi connectivity index (χ1) is 8.74. The molecule has 1 saturated heterocycles. The molecule has 1 N–H and O–H groups in total. The number of nitrogens with zero attached hydrogens (tertiary/aromatic N) is 2. The lowest BCUT2D eigenvalue weighted by Gasteiger charge is -2.37. The monoisotopic (exact) mass is 246 g/mol. The van der Waals surface area contributed by atoms with Crippen molar-refractivity contribution in [1.29, 1.82) is 0 Å². The molecule has 2 unspecified atom stereocenters. The van der Waals surface area contributed by atoms with Gasteiger partial charge in [0.05, 0.1) is 5.69 Å². The number of hydrogen-bond donors (Lipinski definition) is 1. The van der Waals surface area contributed by atoms with Crippen LogP contribution in [-0.4, -0.2) is 27.6 Å². The number of likely N-dealkylation sites (tertiary alicyclic amines) is 1. The SMILES string of the molecule is Cc1ccc(O)c(CN2CCCC3CCCC32)n1. The van der Waals surface area contributed by atoms with Crippen molar-refractivity contribution in [2.45, 2.75) is 51.6 Å². The standard InChI is InChI=1S/C15H22N2O/c1-11-7-8-15(18)13(16-11)10-17-9-3-5-12-4-2-6-14(12)17/h7-8,12,14,18H,2-6,9-10H2,1H3. The van der Waals surface area contributed by atoms with E-state index >= 15 is 0 Å². The second kappa shape index (κ2) is 4.88. The second-order valence-corrected chi connectivity index (χ2v) is 5.79. The van der Waals surface area contributed by atoms with Crippen molar-refractivity contribution in [1.82, 2.24) is 9.88 Å². The molecule has 3 heteroatoms. The minimum atomic E-state index is 0.348. The van der Waals surface area contributed by atoms with E-state index in [-0.39, 0.29) is 0 Å². The average molecular weight is 246 g/mol. The zero-order chi connectivity index (χ0) is 12.5. The molecule has 0 bridgehead atoms. The van der Waals surface area contributed by atoms with Gasteiger partial charge in [-0.3, -0.25) is 9.88 Å².